The van der Waals surface area contributed by atoms with Gasteiger partial charge in [0, 0.05) is 43.4 Å². The quantitative estimate of drug-likeness (QED) is 0.0853. The van der Waals surface area contributed by atoms with Crippen molar-refractivity contribution in [2.45, 2.75) is 30.0 Å². The second kappa shape index (κ2) is 14.9. The van der Waals surface area contributed by atoms with Crippen LogP contribution in [-0.2, 0) is 27.3 Å². The lowest BCUT2D eigenvalue weighted by molar-refractivity contribution is -0.140. The molecule has 4 aromatic carbocycles. The SMILES string of the molecule is COC(=O)c1c(F)cc(OCCCN(Cc2cccc(C(F)(F)F)c2F)CC(c2ccccc2)c2ccccc2)cc1S(C)(=O)=O. The van der Waals surface area contributed by atoms with Gasteiger partial charge in [0.15, 0.2) is 9.84 Å². The first-order chi connectivity index (χ1) is 21.8. The predicted molar refractivity (Wildman–Crippen MR) is 162 cm³/mol. The molecule has 4 aromatic rings. The lowest BCUT2D eigenvalue weighted by atomic mass is 9.90. The van der Waals surface area contributed by atoms with Gasteiger partial charge >= 0.3 is 12.1 Å². The van der Waals surface area contributed by atoms with Crippen LogP contribution in [0.1, 0.15) is 45.0 Å². The maximum absolute atomic E-state index is 15.1. The fourth-order valence-electron chi connectivity index (χ4n) is 5.14. The number of esters is 1. The number of carbonyl (C=O) groups is 1. The van der Waals surface area contributed by atoms with Gasteiger partial charge in [-0.2, -0.15) is 13.2 Å². The molecule has 4 rings (SSSR count). The third-order valence-corrected chi connectivity index (χ3v) is 8.45. The summed E-state index contributed by atoms with van der Waals surface area (Å²) in [6, 6.07) is 24.1. The van der Waals surface area contributed by atoms with Crippen molar-refractivity contribution in [2.75, 3.05) is 33.1 Å². The molecule has 12 heteroatoms. The van der Waals surface area contributed by atoms with Gasteiger partial charge in [0.2, 0.25) is 0 Å². The minimum atomic E-state index is -4.86. The molecule has 0 aliphatic carbocycles. The molecule has 0 aliphatic rings. The number of nitrogens with zero attached hydrogens (tertiary/aromatic N) is 1. The molecule has 0 spiro atoms. The fraction of sp³-hybridized carbons (Fsp3) is 0.265. The van der Waals surface area contributed by atoms with Gasteiger partial charge in [-0.3, -0.25) is 4.90 Å². The van der Waals surface area contributed by atoms with E-state index in [1.807, 2.05) is 65.6 Å². The molecule has 0 aromatic heterocycles. The molecule has 0 radical (unpaired) electrons. The number of sulfone groups is 1. The zero-order valence-electron chi connectivity index (χ0n) is 25.1. The number of methoxy groups -OCH3 is 1. The zero-order chi connectivity index (χ0) is 33.5. The van der Waals surface area contributed by atoms with Gasteiger partial charge in [-0.15, -0.1) is 0 Å². The van der Waals surface area contributed by atoms with E-state index in [1.54, 1.807) is 0 Å². The summed E-state index contributed by atoms with van der Waals surface area (Å²) in [5, 5.41) is 0. The largest absolute Gasteiger partial charge is 0.493 e. The average Bonchev–Trinajstić information content (AvgIpc) is 3.01. The van der Waals surface area contributed by atoms with Gasteiger partial charge in [0.25, 0.3) is 0 Å². The second-order valence-electron chi connectivity index (χ2n) is 10.6. The van der Waals surface area contributed by atoms with E-state index in [9.17, 15) is 30.8 Å². The molecule has 244 valence electrons. The lowest BCUT2D eigenvalue weighted by Crippen LogP contribution is -2.31. The van der Waals surface area contributed by atoms with Gasteiger partial charge < -0.3 is 9.47 Å². The molecule has 0 unspecified atom stereocenters. The normalized spacial score (nSPS) is 12.0. The molecule has 46 heavy (non-hydrogen) atoms. The van der Waals surface area contributed by atoms with Crippen LogP contribution in [-0.4, -0.2) is 52.3 Å². The van der Waals surface area contributed by atoms with Crippen molar-refractivity contribution < 1.29 is 44.6 Å². The smallest absolute Gasteiger partial charge is 0.419 e. The molecule has 0 N–H and O–H groups in total. The molecule has 0 heterocycles. The first-order valence-electron chi connectivity index (χ1n) is 14.2. The first-order valence-corrected chi connectivity index (χ1v) is 16.1. The third kappa shape index (κ3) is 8.70. The molecule has 0 amide bonds. The van der Waals surface area contributed by atoms with Crippen molar-refractivity contribution in [1.29, 1.82) is 0 Å². The maximum atomic E-state index is 15.1. The summed E-state index contributed by atoms with van der Waals surface area (Å²) >= 11 is 0. The molecule has 0 bridgehead atoms. The summed E-state index contributed by atoms with van der Waals surface area (Å²) in [6.07, 6.45) is -3.79. The van der Waals surface area contributed by atoms with Crippen LogP contribution >= 0.6 is 0 Å². The minimum Gasteiger partial charge on any atom is -0.493 e. The highest BCUT2D eigenvalue weighted by Crippen LogP contribution is 2.33. The molecular weight excluding hydrogens is 629 g/mol. The Morgan fingerprint density at radius 2 is 1.50 bits per heavy atom. The Bertz CT molecular complexity index is 1710. The zero-order valence-corrected chi connectivity index (χ0v) is 25.9. The van der Waals surface area contributed by atoms with E-state index in [2.05, 4.69) is 4.74 Å². The summed E-state index contributed by atoms with van der Waals surface area (Å²) in [7, 11) is -3.05. The average molecular weight is 662 g/mol. The van der Waals surface area contributed by atoms with Gasteiger partial charge in [-0.05, 0) is 29.7 Å². The highest BCUT2D eigenvalue weighted by molar-refractivity contribution is 7.90. The molecule has 0 fully saturated rings. The van der Waals surface area contributed by atoms with Crippen LogP contribution in [0.3, 0.4) is 0 Å². The number of benzene rings is 4. The van der Waals surface area contributed by atoms with Crippen LogP contribution in [0.2, 0.25) is 0 Å². The number of ether oxygens (including phenoxy) is 2. The van der Waals surface area contributed by atoms with Crippen LogP contribution in [0.25, 0.3) is 0 Å². The van der Waals surface area contributed by atoms with Crippen molar-refractivity contribution in [3.05, 3.63) is 130 Å². The van der Waals surface area contributed by atoms with Crippen LogP contribution in [0.4, 0.5) is 22.0 Å². The lowest BCUT2D eigenvalue weighted by Gasteiger charge is -2.29. The topological polar surface area (TPSA) is 72.9 Å². The molecule has 6 nitrogen and oxygen atoms in total. The molecular formula is C34H32F5NO5S. The van der Waals surface area contributed by atoms with Gasteiger partial charge in [-0.1, -0.05) is 72.8 Å². The van der Waals surface area contributed by atoms with Gasteiger partial charge in [0.05, 0.1) is 24.2 Å². The predicted octanol–water partition coefficient (Wildman–Crippen LogP) is 7.28. The van der Waals surface area contributed by atoms with E-state index in [0.29, 0.717) is 12.6 Å². The van der Waals surface area contributed by atoms with E-state index in [1.165, 1.54) is 12.1 Å². The minimum absolute atomic E-state index is 0.0525. The summed E-state index contributed by atoms with van der Waals surface area (Å²) in [4.78, 5) is 13.3. The number of halogens is 5. The Morgan fingerprint density at radius 3 is 2.04 bits per heavy atom. The summed E-state index contributed by atoms with van der Waals surface area (Å²) in [6.45, 7) is 0.341. The Morgan fingerprint density at radius 1 is 0.891 bits per heavy atom. The Balaban J connectivity index is 1.60. The van der Waals surface area contributed by atoms with Crippen molar-refractivity contribution in [3.63, 3.8) is 0 Å². The number of hydrogen-bond acceptors (Lipinski definition) is 6. The van der Waals surface area contributed by atoms with Crippen LogP contribution in [0, 0.1) is 11.6 Å². The monoisotopic (exact) mass is 661 g/mol. The first kappa shape index (κ1) is 34.6. The number of alkyl halides is 3. The molecule has 0 atom stereocenters. The van der Waals surface area contributed by atoms with Crippen molar-refractivity contribution in [3.8, 4) is 5.75 Å². The van der Waals surface area contributed by atoms with Crippen LogP contribution in [0.15, 0.2) is 95.9 Å². The van der Waals surface area contributed by atoms with Crippen molar-refractivity contribution in [2.24, 2.45) is 0 Å². The molecule has 0 saturated heterocycles. The summed E-state index contributed by atoms with van der Waals surface area (Å²) in [5.41, 5.74) is -0.314. The summed E-state index contributed by atoms with van der Waals surface area (Å²) in [5.74, 6) is -4.00. The number of hydrogen-bond donors (Lipinski definition) is 0. The third-order valence-electron chi connectivity index (χ3n) is 7.33. The Kier molecular flexibility index (Phi) is 11.2. The van der Waals surface area contributed by atoms with E-state index in [4.69, 9.17) is 4.74 Å². The van der Waals surface area contributed by atoms with E-state index >= 15 is 4.39 Å². The Hall–Kier alpha value is -4.29. The highest BCUT2D eigenvalue weighted by Gasteiger charge is 2.35. The molecule has 0 saturated carbocycles. The fourth-order valence-corrected chi connectivity index (χ4v) is 6.02. The second-order valence-corrected chi connectivity index (χ2v) is 12.6. The van der Waals surface area contributed by atoms with Crippen LogP contribution < -0.4 is 4.74 Å². The van der Waals surface area contributed by atoms with E-state index < -0.39 is 49.6 Å². The van der Waals surface area contributed by atoms with E-state index in [-0.39, 0.29) is 43.3 Å². The number of rotatable bonds is 13. The number of carbonyl (C=O) groups excluding carboxylic acids is 1. The van der Waals surface area contributed by atoms with Crippen molar-refractivity contribution >= 4 is 15.8 Å². The Labute approximate surface area is 264 Å². The highest BCUT2D eigenvalue weighted by atomic mass is 32.2. The van der Waals surface area contributed by atoms with Crippen LogP contribution in [0.5, 0.6) is 5.75 Å². The summed E-state index contributed by atoms with van der Waals surface area (Å²) < 4.78 is 105. The molecule has 0 aliphatic heterocycles. The van der Waals surface area contributed by atoms with Crippen molar-refractivity contribution in [1.82, 2.24) is 4.90 Å². The van der Waals surface area contributed by atoms with Gasteiger partial charge in [0.1, 0.15) is 22.9 Å². The maximum Gasteiger partial charge on any atom is 0.419 e. The standard InChI is InChI=1S/C34H32F5NO5S/c1-44-33(41)31-29(35)19-26(20-30(31)46(2,42)43)45-18-10-17-40(21-25-15-9-16-28(32(25)36)34(37,38)39)22-27(23-11-5-3-6-12-23)24-13-7-4-8-14-24/h3-9,11-16,19-20,27H,10,17-18,21-22H2,1-2H3. The van der Waals surface area contributed by atoms with E-state index in [0.717, 1.165) is 36.6 Å². The van der Waals surface area contributed by atoms with Gasteiger partial charge in [-0.25, -0.2) is 22.0 Å².